The summed E-state index contributed by atoms with van der Waals surface area (Å²) in [6, 6.07) is 22.2. The van der Waals surface area contributed by atoms with E-state index in [1.165, 1.54) is 0 Å². The molecule has 0 spiro atoms. The Balaban J connectivity index is 1.34. The van der Waals surface area contributed by atoms with E-state index in [0.717, 1.165) is 43.9 Å². The molecule has 3 aromatic heterocycles. The van der Waals surface area contributed by atoms with Crippen LogP contribution in [-0.4, -0.2) is 16.7 Å². The maximum atomic E-state index is 13.0. The fourth-order valence-corrected chi connectivity index (χ4v) is 4.94. The summed E-state index contributed by atoms with van der Waals surface area (Å²) in [5.74, 6) is 0.245. The number of furan rings is 2. The maximum Gasteiger partial charge on any atom is 0.251 e. The van der Waals surface area contributed by atoms with Gasteiger partial charge in [0, 0.05) is 50.5 Å². The Bertz CT molecular complexity index is 1780. The van der Waals surface area contributed by atoms with E-state index in [1.54, 1.807) is 12.1 Å². The van der Waals surface area contributed by atoms with Gasteiger partial charge in [0.05, 0.1) is 0 Å². The minimum atomic E-state index is -0.185. The van der Waals surface area contributed by atoms with Crippen LogP contribution in [0.1, 0.15) is 43.1 Å². The second-order valence-electron chi connectivity index (χ2n) is 9.09. The van der Waals surface area contributed by atoms with Crippen molar-refractivity contribution in [1.29, 1.82) is 0 Å². The van der Waals surface area contributed by atoms with Crippen molar-refractivity contribution in [3.8, 4) is 0 Å². The quantitative estimate of drug-likeness (QED) is 0.239. The average molecular weight is 474 g/mol. The molecule has 6 heteroatoms. The number of anilines is 1. The third-order valence-corrected chi connectivity index (χ3v) is 6.78. The van der Waals surface area contributed by atoms with Crippen LogP contribution < -0.4 is 11.1 Å². The first kappa shape index (κ1) is 21.8. The largest absolute Gasteiger partial charge is 0.455 e. The van der Waals surface area contributed by atoms with E-state index >= 15 is 0 Å². The molecule has 1 amide bonds. The van der Waals surface area contributed by atoms with Gasteiger partial charge in [-0.15, -0.1) is 0 Å². The van der Waals surface area contributed by atoms with Gasteiger partial charge in [-0.2, -0.15) is 0 Å². The monoisotopic (exact) mass is 473 g/mol. The Morgan fingerprint density at radius 2 is 1.44 bits per heavy atom. The second-order valence-corrected chi connectivity index (χ2v) is 9.09. The van der Waals surface area contributed by atoms with Crippen molar-refractivity contribution in [2.75, 3.05) is 5.73 Å². The fraction of sp³-hybridized carbons (Fsp3) is 0.100. The number of aryl methyl sites for hydroxylation is 2. The van der Waals surface area contributed by atoms with E-state index in [-0.39, 0.29) is 11.7 Å². The second kappa shape index (κ2) is 8.20. The molecule has 0 radical (unpaired) electrons. The van der Waals surface area contributed by atoms with E-state index in [1.807, 2.05) is 74.5 Å². The molecule has 0 fully saturated rings. The molecule has 0 saturated carbocycles. The Morgan fingerprint density at radius 3 is 2.14 bits per heavy atom. The smallest absolute Gasteiger partial charge is 0.251 e. The molecule has 0 unspecified atom stereocenters. The van der Waals surface area contributed by atoms with Crippen molar-refractivity contribution in [2.45, 2.75) is 20.4 Å². The van der Waals surface area contributed by atoms with Crippen LogP contribution in [0.3, 0.4) is 0 Å². The van der Waals surface area contributed by atoms with Crippen LogP contribution >= 0.6 is 0 Å². The molecule has 0 saturated heterocycles. The van der Waals surface area contributed by atoms with Gasteiger partial charge in [0.15, 0.2) is 5.78 Å². The van der Waals surface area contributed by atoms with Gasteiger partial charge in [0.25, 0.3) is 5.91 Å². The number of pyridine rings is 1. The number of nitrogens with one attached hydrogen (secondary N) is 1. The van der Waals surface area contributed by atoms with Crippen molar-refractivity contribution in [3.63, 3.8) is 0 Å². The van der Waals surface area contributed by atoms with Crippen molar-refractivity contribution in [1.82, 2.24) is 10.3 Å². The van der Waals surface area contributed by atoms with Crippen LogP contribution in [0.5, 0.6) is 0 Å². The minimum absolute atomic E-state index is 0.0390. The summed E-state index contributed by atoms with van der Waals surface area (Å²) in [6.07, 6.45) is 0. The molecule has 36 heavy (non-hydrogen) atoms. The first-order chi connectivity index (χ1) is 17.4. The van der Waals surface area contributed by atoms with Gasteiger partial charge in [0.2, 0.25) is 0 Å². The SMILES string of the molecule is Cc1cc(N)nc(C)c1CNC(=O)c1ccc2c(c1)c1oc2c2ccc(C(=O)c3ccccc3)cc21. The van der Waals surface area contributed by atoms with Crippen LogP contribution in [0, 0.1) is 13.8 Å². The van der Waals surface area contributed by atoms with Gasteiger partial charge in [-0.05, 0) is 61.4 Å². The Morgan fingerprint density at radius 1 is 0.806 bits per heavy atom. The van der Waals surface area contributed by atoms with Crippen LogP contribution in [0.4, 0.5) is 5.82 Å². The summed E-state index contributed by atoms with van der Waals surface area (Å²) >= 11 is 0. The number of carbonyl (C=O) groups excluding carboxylic acids is 2. The highest BCUT2D eigenvalue weighted by Gasteiger charge is 2.20. The molecule has 6 aromatic rings. The van der Waals surface area contributed by atoms with E-state index < -0.39 is 0 Å². The summed E-state index contributed by atoms with van der Waals surface area (Å²) in [5, 5.41) is 6.63. The lowest BCUT2D eigenvalue weighted by Gasteiger charge is -2.11. The number of hydrogen-bond donors (Lipinski definition) is 2. The normalized spacial score (nSPS) is 11.5. The highest BCUT2D eigenvalue weighted by Crippen LogP contribution is 2.41. The Labute approximate surface area is 207 Å². The summed E-state index contributed by atoms with van der Waals surface area (Å²) in [6.45, 7) is 4.20. The topological polar surface area (TPSA) is 98.2 Å². The number of fused-ring (bicyclic) bond motifs is 8. The predicted molar refractivity (Wildman–Crippen MR) is 142 cm³/mol. The molecule has 3 aromatic carbocycles. The number of aromatic nitrogens is 1. The molecule has 0 atom stereocenters. The predicted octanol–water partition coefficient (Wildman–Crippen LogP) is 5.93. The number of nitrogen functional groups attached to an aromatic ring is 1. The van der Waals surface area contributed by atoms with Gasteiger partial charge in [-0.3, -0.25) is 9.59 Å². The molecule has 3 N–H and O–H groups in total. The molecule has 176 valence electrons. The maximum absolute atomic E-state index is 13.0. The number of ketones is 1. The zero-order valence-corrected chi connectivity index (χ0v) is 19.9. The van der Waals surface area contributed by atoms with E-state index in [4.69, 9.17) is 10.2 Å². The molecule has 0 aliphatic carbocycles. The number of benzene rings is 4. The van der Waals surface area contributed by atoms with Gasteiger partial charge in [0.1, 0.15) is 17.0 Å². The third-order valence-electron chi connectivity index (χ3n) is 6.78. The average Bonchev–Trinajstić information content (AvgIpc) is 3.45. The zero-order valence-electron chi connectivity index (χ0n) is 19.9. The minimum Gasteiger partial charge on any atom is -0.455 e. The molecular formula is C30H23N3O3. The number of amides is 1. The number of carbonyl (C=O) groups is 2. The first-order valence-corrected chi connectivity index (χ1v) is 11.7. The van der Waals surface area contributed by atoms with Crippen molar-refractivity contribution in [3.05, 3.63) is 106 Å². The Kier molecular flexibility index (Phi) is 4.97. The number of nitrogens with two attached hydrogens (primary N) is 1. The van der Waals surface area contributed by atoms with E-state index in [0.29, 0.717) is 34.6 Å². The highest BCUT2D eigenvalue weighted by molar-refractivity contribution is 6.27. The summed E-state index contributed by atoms with van der Waals surface area (Å²) in [4.78, 5) is 30.3. The molecule has 6 nitrogen and oxygen atoms in total. The van der Waals surface area contributed by atoms with Gasteiger partial charge >= 0.3 is 0 Å². The number of hydrogen-bond acceptors (Lipinski definition) is 5. The summed E-state index contributed by atoms with van der Waals surface area (Å²) < 4.78 is 6.13. The van der Waals surface area contributed by atoms with E-state index in [9.17, 15) is 9.59 Å². The van der Waals surface area contributed by atoms with Gasteiger partial charge in [-0.1, -0.05) is 36.4 Å². The van der Waals surface area contributed by atoms with Crippen molar-refractivity contribution in [2.24, 2.45) is 0 Å². The lowest BCUT2D eigenvalue weighted by atomic mass is 9.97. The fourth-order valence-electron chi connectivity index (χ4n) is 4.94. The number of rotatable bonds is 5. The van der Waals surface area contributed by atoms with Crippen molar-refractivity contribution >= 4 is 50.2 Å². The lowest BCUT2D eigenvalue weighted by molar-refractivity contribution is 0.0950. The molecule has 0 aliphatic heterocycles. The molecule has 6 rings (SSSR count). The first-order valence-electron chi connectivity index (χ1n) is 11.7. The van der Waals surface area contributed by atoms with Crippen LogP contribution in [0.15, 0.2) is 77.2 Å². The van der Waals surface area contributed by atoms with Gasteiger partial charge in [-0.25, -0.2) is 4.98 Å². The summed E-state index contributed by atoms with van der Waals surface area (Å²) in [7, 11) is 0. The number of nitrogens with zero attached hydrogens (tertiary/aromatic N) is 1. The third kappa shape index (κ3) is 3.46. The zero-order chi connectivity index (χ0) is 25.0. The van der Waals surface area contributed by atoms with E-state index in [2.05, 4.69) is 10.3 Å². The highest BCUT2D eigenvalue weighted by atomic mass is 16.3. The Hall–Kier alpha value is -4.71. The van der Waals surface area contributed by atoms with Crippen LogP contribution in [-0.2, 0) is 6.54 Å². The van der Waals surface area contributed by atoms with Crippen LogP contribution in [0.25, 0.3) is 32.7 Å². The molecular weight excluding hydrogens is 450 g/mol. The van der Waals surface area contributed by atoms with Gasteiger partial charge < -0.3 is 15.5 Å². The summed E-state index contributed by atoms with van der Waals surface area (Å²) in [5.41, 5.74) is 11.8. The molecule has 3 heterocycles. The van der Waals surface area contributed by atoms with Crippen LogP contribution in [0.2, 0.25) is 0 Å². The van der Waals surface area contributed by atoms with Crippen molar-refractivity contribution < 1.29 is 14.0 Å². The standard InChI is InChI=1S/C30H23N3O3/c1-16-12-26(31)33-17(2)25(16)15-32-30(35)20-9-11-22-24(14-20)29-23-13-19(8-10-21(23)28(22)36-29)27(34)18-6-4-3-5-7-18/h3-14H,15H2,1-2H3,(H2,31,33)(H,32,35). The lowest BCUT2D eigenvalue weighted by Crippen LogP contribution is -2.24. The molecule has 0 aliphatic rings. The molecule has 2 bridgehead atoms.